The zero-order valence-corrected chi connectivity index (χ0v) is 14.0. The zero-order valence-electron chi connectivity index (χ0n) is 13.1. The molecule has 1 aliphatic heterocycles. The molecule has 0 aromatic carbocycles. The molecule has 1 atom stereocenters. The van der Waals surface area contributed by atoms with E-state index in [1.54, 1.807) is 23.5 Å². The van der Waals surface area contributed by atoms with Crippen molar-refractivity contribution in [1.29, 1.82) is 0 Å². The summed E-state index contributed by atoms with van der Waals surface area (Å²) in [6.07, 6.45) is 6.67. The van der Waals surface area contributed by atoms with Gasteiger partial charge in [-0.1, -0.05) is 6.07 Å². The normalized spacial score (nSPS) is 17.3. The lowest BCUT2D eigenvalue weighted by Crippen LogP contribution is -2.47. The van der Waals surface area contributed by atoms with Gasteiger partial charge >= 0.3 is 6.03 Å². The summed E-state index contributed by atoms with van der Waals surface area (Å²) in [5.74, 6) is -0.276. The molecule has 8 heteroatoms. The van der Waals surface area contributed by atoms with E-state index in [0.717, 1.165) is 18.4 Å². The maximum absolute atomic E-state index is 12.3. The highest BCUT2D eigenvalue weighted by atomic mass is 32.1. The van der Waals surface area contributed by atoms with Crippen LogP contribution in [0.15, 0.2) is 36.1 Å². The maximum Gasteiger partial charge on any atom is 0.317 e. The average Bonchev–Trinajstić information content (AvgIpc) is 3.13. The van der Waals surface area contributed by atoms with E-state index in [1.165, 1.54) is 11.3 Å². The second kappa shape index (κ2) is 7.87. The van der Waals surface area contributed by atoms with E-state index >= 15 is 0 Å². The number of nitrogens with one attached hydrogen (secondary N) is 2. The molecular formula is C16H19N5O2S. The highest BCUT2D eigenvalue weighted by Crippen LogP contribution is 2.19. The summed E-state index contributed by atoms with van der Waals surface area (Å²) < 4.78 is 0. The lowest BCUT2D eigenvalue weighted by molar-refractivity contribution is -0.121. The topological polar surface area (TPSA) is 87.2 Å². The molecule has 0 unspecified atom stereocenters. The van der Waals surface area contributed by atoms with Crippen LogP contribution in [0.5, 0.6) is 0 Å². The minimum Gasteiger partial charge on any atom is -0.334 e. The summed E-state index contributed by atoms with van der Waals surface area (Å²) in [5.41, 5.74) is 0.945. The lowest BCUT2D eigenvalue weighted by Gasteiger charge is -2.31. The van der Waals surface area contributed by atoms with Crippen LogP contribution in [0, 0.1) is 5.92 Å². The molecule has 0 aliphatic carbocycles. The number of carbonyl (C=O) groups excluding carboxylic acids is 2. The summed E-state index contributed by atoms with van der Waals surface area (Å²) in [6, 6.07) is 3.60. The SMILES string of the molecule is O=C(Nc1nccs1)[C@H]1CCCN(C(=O)NCc2cccnc2)C1. The molecule has 2 N–H and O–H groups in total. The first-order chi connectivity index (χ1) is 11.7. The third kappa shape index (κ3) is 4.29. The molecule has 24 heavy (non-hydrogen) atoms. The van der Waals surface area contributed by atoms with E-state index in [9.17, 15) is 9.59 Å². The average molecular weight is 345 g/mol. The Morgan fingerprint density at radius 1 is 1.38 bits per heavy atom. The van der Waals surface area contributed by atoms with Gasteiger partial charge in [-0.25, -0.2) is 9.78 Å². The van der Waals surface area contributed by atoms with Gasteiger partial charge in [0.2, 0.25) is 5.91 Å². The second-order valence-corrected chi connectivity index (χ2v) is 6.53. The molecule has 1 saturated heterocycles. The van der Waals surface area contributed by atoms with Crippen LogP contribution in [0.1, 0.15) is 18.4 Å². The quantitative estimate of drug-likeness (QED) is 0.888. The highest BCUT2D eigenvalue weighted by Gasteiger charge is 2.28. The van der Waals surface area contributed by atoms with E-state index < -0.39 is 0 Å². The minimum absolute atomic E-state index is 0.0743. The van der Waals surface area contributed by atoms with Crippen LogP contribution in [-0.2, 0) is 11.3 Å². The number of urea groups is 1. The summed E-state index contributed by atoms with van der Waals surface area (Å²) in [6.45, 7) is 1.52. The van der Waals surface area contributed by atoms with Crippen LogP contribution in [0.3, 0.4) is 0 Å². The minimum atomic E-state index is -0.202. The second-order valence-electron chi connectivity index (χ2n) is 5.63. The van der Waals surface area contributed by atoms with Crippen molar-refractivity contribution in [3.8, 4) is 0 Å². The molecule has 0 saturated carbocycles. The molecule has 0 bridgehead atoms. The van der Waals surface area contributed by atoms with Crippen molar-refractivity contribution < 1.29 is 9.59 Å². The number of anilines is 1. The Kier molecular flexibility index (Phi) is 5.37. The van der Waals surface area contributed by atoms with Crippen molar-refractivity contribution in [2.45, 2.75) is 19.4 Å². The Morgan fingerprint density at radius 3 is 3.04 bits per heavy atom. The van der Waals surface area contributed by atoms with E-state index in [1.807, 2.05) is 17.5 Å². The monoisotopic (exact) mass is 345 g/mol. The number of pyridine rings is 1. The molecular weight excluding hydrogens is 326 g/mol. The Hall–Kier alpha value is -2.48. The number of thiazole rings is 1. The Balaban J connectivity index is 1.51. The van der Waals surface area contributed by atoms with Crippen molar-refractivity contribution >= 4 is 28.4 Å². The number of aromatic nitrogens is 2. The number of nitrogens with zero attached hydrogens (tertiary/aromatic N) is 3. The van der Waals surface area contributed by atoms with Gasteiger partial charge < -0.3 is 15.5 Å². The maximum atomic E-state index is 12.3. The molecule has 0 radical (unpaired) electrons. The van der Waals surface area contributed by atoms with Crippen molar-refractivity contribution in [2.75, 3.05) is 18.4 Å². The Bertz CT molecular complexity index is 677. The molecule has 7 nitrogen and oxygen atoms in total. The van der Waals surface area contributed by atoms with Crippen molar-refractivity contribution in [3.63, 3.8) is 0 Å². The van der Waals surface area contributed by atoms with E-state index in [0.29, 0.717) is 24.8 Å². The van der Waals surface area contributed by atoms with Gasteiger partial charge in [0.25, 0.3) is 0 Å². The van der Waals surface area contributed by atoms with Crippen LogP contribution in [0.25, 0.3) is 0 Å². The van der Waals surface area contributed by atoms with Crippen LogP contribution >= 0.6 is 11.3 Å². The van der Waals surface area contributed by atoms with Gasteiger partial charge in [0.1, 0.15) is 0 Å². The number of carbonyl (C=O) groups is 2. The van der Waals surface area contributed by atoms with Crippen LogP contribution in [0.4, 0.5) is 9.93 Å². The highest BCUT2D eigenvalue weighted by molar-refractivity contribution is 7.13. The van der Waals surface area contributed by atoms with Gasteiger partial charge in [0.05, 0.1) is 5.92 Å². The number of likely N-dealkylation sites (tertiary alicyclic amines) is 1. The van der Waals surface area contributed by atoms with E-state index in [-0.39, 0.29) is 17.9 Å². The molecule has 2 aromatic rings. The van der Waals surface area contributed by atoms with Crippen LogP contribution in [0.2, 0.25) is 0 Å². The fraction of sp³-hybridized carbons (Fsp3) is 0.375. The smallest absolute Gasteiger partial charge is 0.317 e. The van der Waals surface area contributed by atoms with Gasteiger partial charge in [0, 0.05) is 43.6 Å². The Morgan fingerprint density at radius 2 is 2.29 bits per heavy atom. The summed E-state index contributed by atoms with van der Waals surface area (Å²) in [4.78, 5) is 34.4. The number of piperidine rings is 1. The van der Waals surface area contributed by atoms with Crippen LogP contribution < -0.4 is 10.6 Å². The summed E-state index contributed by atoms with van der Waals surface area (Å²) in [7, 11) is 0. The Labute approximate surface area is 144 Å². The molecule has 1 fully saturated rings. The van der Waals surface area contributed by atoms with E-state index in [4.69, 9.17) is 0 Å². The van der Waals surface area contributed by atoms with Gasteiger partial charge in [-0.05, 0) is 24.5 Å². The number of hydrogen-bond donors (Lipinski definition) is 2. The van der Waals surface area contributed by atoms with Gasteiger partial charge in [-0.3, -0.25) is 9.78 Å². The first-order valence-corrected chi connectivity index (χ1v) is 8.72. The number of hydrogen-bond acceptors (Lipinski definition) is 5. The van der Waals surface area contributed by atoms with Crippen molar-refractivity contribution in [2.24, 2.45) is 5.92 Å². The third-order valence-corrected chi connectivity index (χ3v) is 4.60. The summed E-state index contributed by atoms with van der Waals surface area (Å²) in [5, 5.41) is 8.10. The molecule has 126 valence electrons. The largest absolute Gasteiger partial charge is 0.334 e. The lowest BCUT2D eigenvalue weighted by atomic mass is 9.97. The van der Waals surface area contributed by atoms with Gasteiger partial charge in [-0.2, -0.15) is 0 Å². The third-order valence-electron chi connectivity index (χ3n) is 3.91. The van der Waals surface area contributed by atoms with Crippen molar-refractivity contribution in [3.05, 3.63) is 41.7 Å². The fourth-order valence-electron chi connectivity index (χ4n) is 2.66. The number of amides is 3. The first-order valence-electron chi connectivity index (χ1n) is 7.84. The fourth-order valence-corrected chi connectivity index (χ4v) is 3.19. The standard InChI is InChI=1S/C16H19N5O2S/c22-14(20-15-18-6-8-24-15)13-4-2-7-21(11-13)16(23)19-10-12-3-1-5-17-9-12/h1,3,5-6,8-9,13H,2,4,7,10-11H2,(H,19,23)(H,18,20,22)/t13-/m0/s1. The molecule has 3 heterocycles. The molecule has 0 spiro atoms. The first kappa shape index (κ1) is 16.4. The molecule has 1 aliphatic rings. The van der Waals surface area contributed by atoms with Crippen LogP contribution in [-0.4, -0.2) is 39.9 Å². The molecule has 3 rings (SSSR count). The van der Waals surface area contributed by atoms with E-state index in [2.05, 4.69) is 20.6 Å². The molecule has 2 aromatic heterocycles. The molecule has 3 amide bonds. The van der Waals surface area contributed by atoms with Gasteiger partial charge in [0.15, 0.2) is 5.13 Å². The van der Waals surface area contributed by atoms with Gasteiger partial charge in [-0.15, -0.1) is 11.3 Å². The predicted molar refractivity (Wildman–Crippen MR) is 91.5 cm³/mol. The van der Waals surface area contributed by atoms with Crippen molar-refractivity contribution in [1.82, 2.24) is 20.2 Å². The summed E-state index contributed by atoms with van der Waals surface area (Å²) >= 11 is 1.39. The number of rotatable bonds is 4. The predicted octanol–water partition coefficient (Wildman–Crippen LogP) is 2.10. The zero-order chi connectivity index (χ0) is 16.8.